The third kappa shape index (κ3) is 19.4. The quantitative estimate of drug-likeness (QED) is 0.108. The van der Waals surface area contributed by atoms with Crippen molar-refractivity contribution in [1.82, 2.24) is 0 Å². The number of hydrogen-bond donors (Lipinski definition) is 0. The molecule has 0 aliphatic rings. The predicted octanol–water partition coefficient (Wildman–Crippen LogP) is -4.49. The molecule has 0 aromatic rings. The van der Waals surface area contributed by atoms with Crippen molar-refractivity contribution < 1.29 is 135 Å². The third-order valence-electron chi connectivity index (χ3n) is 3.71. The number of rotatable bonds is 15. The molecule has 0 saturated carbocycles. The molecule has 0 aliphatic heterocycles. The van der Waals surface area contributed by atoms with E-state index in [2.05, 4.69) is 6.92 Å². The Hall–Kier alpha value is 2.12. The number of carboxylic acid groups (broad SMARTS) is 1. The molecule has 0 amide bonds. The van der Waals surface area contributed by atoms with Gasteiger partial charge in [-0.15, -0.1) is 0 Å². The van der Waals surface area contributed by atoms with Gasteiger partial charge in [-0.1, -0.05) is 64.7 Å². The first-order valence-electron chi connectivity index (χ1n) is 8.60. The molecule has 0 aromatic carbocycles. The zero-order valence-corrected chi connectivity index (χ0v) is 23.4. The summed E-state index contributed by atoms with van der Waals surface area (Å²) in [7, 11) is -5.07. The van der Waals surface area contributed by atoms with Gasteiger partial charge in [0.1, 0.15) is 10.1 Å². The predicted molar refractivity (Wildman–Crippen MR) is 85.9 cm³/mol. The molecular weight excluding hydrogens is 414 g/mol. The summed E-state index contributed by atoms with van der Waals surface area (Å²) in [6.45, 7) is 2.16. The molecule has 10 heteroatoms. The van der Waals surface area contributed by atoms with Gasteiger partial charge in [0, 0.05) is 12.4 Å². The van der Waals surface area contributed by atoms with Crippen LogP contribution >= 0.6 is 0 Å². The Morgan fingerprint density at radius 3 is 1.69 bits per heavy atom. The van der Waals surface area contributed by atoms with Gasteiger partial charge in [0.2, 0.25) is 0 Å². The Morgan fingerprint density at radius 2 is 1.31 bits per heavy atom. The van der Waals surface area contributed by atoms with Crippen molar-refractivity contribution in [3.63, 3.8) is 0 Å². The maximum Gasteiger partial charge on any atom is 1.00 e. The van der Waals surface area contributed by atoms with E-state index in [0.717, 1.165) is 19.3 Å². The van der Waals surface area contributed by atoms with Crippen LogP contribution < -0.4 is 108 Å². The molecule has 0 aliphatic carbocycles. The molecule has 0 N–H and O–H groups in total. The average Bonchev–Trinajstić information content (AvgIpc) is 2.48. The molecule has 1 atom stereocenters. The van der Waals surface area contributed by atoms with Crippen LogP contribution in [0, 0.1) is 0 Å². The Labute approximate surface area is 242 Å². The maximum atomic E-state index is 11.5. The second-order valence-corrected chi connectivity index (χ2v) is 7.46. The van der Waals surface area contributed by atoms with E-state index >= 15 is 0 Å². The second kappa shape index (κ2) is 20.4. The van der Waals surface area contributed by atoms with Crippen molar-refractivity contribution in [1.29, 1.82) is 0 Å². The number of carbonyl (C=O) groups excluding carboxylic acids is 2. The average molecular weight is 443 g/mol. The van der Waals surface area contributed by atoms with Crippen LogP contribution in [0.15, 0.2) is 0 Å². The summed E-state index contributed by atoms with van der Waals surface area (Å²) in [5, 5.41) is 8.17. The van der Waals surface area contributed by atoms with Crippen molar-refractivity contribution in [3.05, 3.63) is 0 Å². The summed E-state index contributed by atoms with van der Waals surface area (Å²) < 4.78 is 37.3. The van der Waals surface area contributed by atoms with Crippen LogP contribution in [0.5, 0.6) is 0 Å². The van der Waals surface area contributed by atoms with Gasteiger partial charge in [0.25, 0.3) is 0 Å². The molecular formula is C16H28K2O7S. The fourth-order valence-electron chi connectivity index (χ4n) is 2.31. The number of ether oxygens (including phenoxy) is 1. The summed E-state index contributed by atoms with van der Waals surface area (Å²) in [5.41, 5.74) is 0. The van der Waals surface area contributed by atoms with Gasteiger partial charge in [0.05, 0.1) is 6.61 Å². The van der Waals surface area contributed by atoms with Crippen molar-refractivity contribution >= 4 is 22.1 Å². The van der Waals surface area contributed by atoms with E-state index in [1.165, 1.54) is 38.5 Å². The molecule has 0 saturated heterocycles. The largest absolute Gasteiger partial charge is 1.00 e. The number of esters is 1. The molecule has 142 valence electrons. The maximum absolute atomic E-state index is 11.5. The number of hydrogen-bond acceptors (Lipinski definition) is 7. The van der Waals surface area contributed by atoms with E-state index in [1.807, 2.05) is 0 Å². The van der Waals surface area contributed by atoms with Crippen LogP contribution in [-0.4, -0.2) is 36.8 Å². The van der Waals surface area contributed by atoms with Gasteiger partial charge in [0.15, 0.2) is 5.25 Å². The second-order valence-electron chi connectivity index (χ2n) is 5.91. The fraction of sp³-hybridized carbons (Fsp3) is 0.875. The molecule has 1 unspecified atom stereocenters. The zero-order valence-electron chi connectivity index (χ0n) is 16.3. The molecule has 26 heavy (non-hydrogen) atoms. The SMILES string of the molecule is CCCCCCCCCCCCOC(=O)C(CC(=O)[O-])S(=O)(=O)[O-].[K+].[K+]. The molecule has 7 nitrogen and oxygen atoms in total. The van der Waals surface area contributed by atoms with Crippen molar-refractivity contribution in [2.75, 3.05) is 6.61 Å². The zero-order chi connectivity index (χ0) is 18.4. The van der Waals surface area contributed by atoms with Gasteiger partial charge in [-0.3, -0.25) is 4.79 Å². The van der Waals surface area contributed by atoms with Gasteiger partial charge in [-0.2, -0.15) is 0 Å². The van der Waals surface area contributed by atoms with Crippen LogP contribution in [0.4, 0.5) is 0 Å². The number of unbranched alkanes of at least 4 members (excludes halogenated alkanes) is 9. The van der Waals surface area contributed by atoms with Crippen molar-refractivity contribution in [2.45, 2.75) is 82.8 Å². The van der Waals surface area contributed by atoms with Crippen LogP contribution in [-0.2, 0) is 24.4 Å². The topological polar surface area (TPSA) is 124 Å². The van der Waals surface area contributed by atoms with Gasteiger partial charge < -0.3 is 19.2 Å². The van der Waals surface area contributed by atoms with Gasteiger partial charge >= 0.3 is 109 Å². The Morgan fingerprint density at radius 1 is 0.885 bits per heavy atom. The first-order chi connectivity index (χ1) is 11.3. The van der Waals surface area contributed by atoms with Gasteiger partial charge in [-0.25, -0.2) is 8.42 Å². The van der Waals surface area contributed by atoms with Crippen LogP contribution in [0.3, 0.4) is 0 Å². The van der Waals surface area contributed by atoms with E-state index in [-0.39, 0.29) is 109 Å². The number of carbonyl (C=O) groups is 2. The normalized spacial score (nSPS) is 11.8. The summed E-state index contributed by atoms with van der Waals surface area (Å²) in [5.74, 6) is -3.10. The molecule has 0 rings (SSSR count). The Bertz CT molecular complexity index is 469. The van der Waals surface area contributed by atoms with E-state index in [0.29, 0.717) is 6.42 Å². The van der Waals surface area contributed by atoms with E-state index in [9.17, 15) is 27.7 Å². The first-order valence-corrected chi connectivity index (χ1v) is 10.1. The fourth-order valence-corrected chi connectivity index (χ4v) is 2.95. The minimum absolute atomic E-state index is 0. The molecule has 0 spiro atoms. The monoisotopic (exact) mass is 442 g/mol. The summed E-state index contributed by atoms with van der Waals surface area (Å²) in [6.07, 6.45) is 9.75. The minimum Gasteiger partial charge on any atom is -0.747 e. The molecule has 0 radical (unpaired) electrons. The first kappa shape index (κ1) is 32.8. The minimum atomic E-state index is -5.07. The standard InChI is InChI=1S/C16H30O7S.2K/c1-2-3-4-5-6-7-8-9-10-11-12-23-16(19)14(13-15(17)18)24(20,21)22;;/h14H,2-13H2,1H3,(H,17,18)(H,20,21,22);;/q;2*+1/p-2. The molecule has 0 fully saturated rings. The molecule has 0 aromatic heterocycles. The Kier molecular flexibility index (Phi) is 25.7. The van der Waals surface area contributed by atoms with E-state index in [1.54, 1.807) is 0 Å². The van der Waals surface area contributed by atoms with E-state index in [4.69, 9.17) is 4.74 Å². The van der Waals surface area contributed by atoms with Crippen molar-refractivity contribution in [3.8, 4) is 0 Å². The van der Waals surface area contributed by atoms with E-state index < -0.39 is 33.7 Å². The smallest absolute Gasteiger partial charge is 0.747 e. The number of carboxylic acids is 1. The van der Waals surface area contributed by atoms with Crippen LogP contribution in [0.2, 0.25) is 0 Å². The molecule has 0 heterocycles. The summed E-state index contributed by atoms with van der Waals surface area (Å²) in [6, 6.07) is 0. The van der Waals surface area contributed by atoms with Gasteiger partial charge in [-0.05, 0) is 6.42 Å². The van der Waals surface area contributed by atoms with Crippen LogP contribution in [0.25, 0.3) is 0 Å². The Balaban J connectivity index is -0.00000264. The van der Waals surface area contributed by atoms with Crippen molar-refractivity contribution in [2.24, 2.45) is 0 Å². The summed E-state index contributed by atoms with van der Waals surface area (Å²) >= 11 is 0. The van der Waals surface area contributed by atoms with Crippen LogP contribution in [0.1, 0.15) is 77.6 Å². The summed E-state index contributed by atoms with van der Waals surface area (Å²) in [4.78, 5) is 21.9. The third-order valence-corrected chi connectivity index (χ3v) is 4.76. The molecule has 0 bridgehead atoms. The number of aliphatic carboxylic acids is 1.